The van der Waals surface area contributed by atoms with Crippen LogP contribution in [0.3, 0.4) is 0 Å². The monoisotopic (exact) mass is 180 g/mol. The van der Waals surface area contributed by atoms with E-state index in [1.165, 1.54) is 33.4 Å². The number of hydrogen-bond acceptors (Lipinski definition) is 0. The summed E-state index contributed by atoms with van der Waals surface area (Å²) in [5, 5.41) is 0. The first-order valence-electron chi connectivity index (χ1n) is 4.99. The third kappa shape index (κ3) is 0.784. The van der Waals surface area contributed by atoms with Gasteiger partial charge in [-0.3, -0.25) is 0 Å². The van der Waals surface area contributed by atoms with E-state index in [2.05, 4.69) is 50.2 Å². The fourth-order valence-corrected chi connectivity index (χ4v) is 2.36. The molecule has 3 rings (SSSR count). The van der Waals surface area contributed by atoms with Gasteiger partial charge in [0.2, 0.25) is 0 Å². The van der Waals surface area contributed by atoms with Crippen molar-refractivity contribution in [3.63, 3.8) is 0 Å². The van der Waals surface area contributed by atoms with Crippen LogP contribution in [0.2, 0.25) is 0 Å². The van der Waals surface area contributed by atoms with Gasteiger partial charge in [-0.1, -0.05) is 36.4 Å². The Balaban J connectivity index is 2.37. The molecule has 0 aromatic heterocycles. The molecule has 14 heavy (non-hydrogen) atoms. The lowest BCUT2D eigenvalue weighted by molar-refractivity contribution is 1.35. The quantitative estimate of drug-likeness (QED) is 0.491. The van der Waals surface area contributed by atoms with Gasteiger partial charge >= 0.3 is 0 Å². The third-order valence-electron chi connectivity index (χ3n) is 3.09. The standard InChI is InChI=1S/C14H12/c1-9-7-8-10(2)14-12-6-4-3-5-11(12)13(9)14/h3-8H,1-2H3. The summed E-state index contributed by atoms with van der Waals surface area (Å²) in [7, 11) is 0. The highest BCUT2D eigenvalue weighted by atomic mass is 14.3. The van der Waals surface area contributed by atoms with E-state index in [0.717, 1.165) is 0 Å². The van der Waals surface area contributed by atoms with E-state index in [0.29, 0.717) is 0 Å². The summed E-state index contributed by atoms with van der Waals surface area (Å²) in [6.07, 6.45) is 0. The lowest BCUT2D eigenvalue weighted by Crippen LogP contribution is -2.02. The first-order chi connectivity index (χ1) is 6.79. The Bertz CT molecular complexity index is 474. The summed E-state index contributed by atoms with van der Waals surface area (Å²) in [6.45, 7) is 4.38. The summed E-state index contributed by atoms with van der Waals surface area (Å²) in [4.78, 5) is 0. The molecule has 0 N–H and O–H groups in total. The minimum atomic E-state index is 1.39. The molecule has 0 aliphatic heterocycles. The van der Waals surface area contributed by atoms with Crippen molar-refractivity contribution in [2.45, 2.75) is 13.8 Å². The molecule has 2 aromatic carbocycles. The Kier molecular flexibility index (Phi) is 1.38. The van der Waals surface area contributed by atoms with E-state index in [1.807, 2.05) is 0 Å². The van der Waals surface area contributed by atoms with E-state index in [4.69, 9.17) is 0 Å². The lowest BCUT2D eigenvalue weighted by Gasteiger charge is -2.27. The second-order valence-electron chi connectivity index (χ2n) is 3.99. The minimum absolute atomic E-state index is 1.39. The van der Waals surface area contributed by atoms with E-state index >= 15 is 0 Å². The minimum Gasteiger partial charge on any atom is -0.0616 e. The summed E-state index contributed by atoms with van der Waals surface area (Å²) in [6, 6.07) is 13.1. The Morgan fingerprint density at radius 3 is 1.50 bits per heavy atom. The molecule has 0 heterocycles. The van der Waals surface area contributed by atoms with E-state index in [9.17, 15) is 0 Å². The molecule has 0 heteroatoms. The highest BCUT2D eigenvalue weighted by Gasteiger charge is 2.24. The van der Waals surface area contributed by atoms with Crippen LogP contribution < -0.4 is 0 Å². The fraction of sp³-hybridized carbons (Fsp3) is 0.143. The SMILES string of the molecule is Cc1ccc(C)c2c1-c1ccccc1-2. The van der Waals surface area contributed by atoms with Crippen molar-refractivity contribution in [1.82, 2.24) is 0 Å². The molecule has 0 saturated carbocycles. The molecular formula is C14H12. The van der Waals surface area contributed by atoms with Crippen molar-refractivity contribution in [3.05, 3.63) is 47.5 Å². The third-order valence-corrected chi connectivity index (χ3v) is 3.09. The normalized spacial score (nSPS) is 11.6. The number of fused-ring (bicyclic) bond motifs is 4. The second kappa shape index (κ2) is 2.48. The fourth-order valence-electron chi connectivity index (χ4n) is 2.36. The van der Waals surface area contributed by atoms with Gasteiger partial charge in [0.15, 0.2) is 0 Å². The van der Waals surface area contributed by atoms with Gasteiger partial charge in [0.1, 0.15) is 0 Å². The average molecular weight is 180 g/mol. The van der Waals surface area contributed by atoms with Crippen LogP contribution in [0, 0.1) is 13.8 Å². The van der Waals surface area contributed by atoms with Crippen LogP contribution in [0.5, 0.6) is 0 Å². The molecule has 1 aliphatic carbocycles. The molecule has 0 atom stereocenters. The van der Waals surface area contributed by atoms with Crippen LogP contribution in [0.1, 0.15) is 11.1 Å². The largest absolute Gasteiger partial charge is 0.0616 e. The first kappa shape index (κ1) is 7.81. The number of aryl methyl sites for hydroxylation is 2. The molecule has 0 amide bonds. The molecule has 2 aromatic rings. The van der Waals surface area contributed by atoms with Crippen molar-refractivity contribution in [2.24, 2.45) is 0 Å². The van der Waals surface area contributed by atoms with E-state index in [-0.39, 0.29) is 0 Å². The van der Waals surface area contributed by atoms with Crippen LogP contribution in [-0.4, -0.2) is 0 Å². The van der Waals surface area contributed by atoms with E-state index in [1.54, 1.807) is 0 Å². The van der Waals surface area contributed by atoms with Crippen LogP contribution in [-0.2, 0) is 0 Å². The molecule has 0 saturated heterocycles. The highest BCUT2D eigenvalue weighted by molar-refractivity contribution is 6.05. The summed E-state index contributed by atoms with van der Waals surface area (Å²) in [5.41, 5.74) is 8.54. The predicted molar refractivity (Wildman–Crippen MR) is 60.3 cm³/mol. The molecule has 0 nitrogen and oxygen atoms in total. The van der Waals surface area contributed by atoms with Crippen molar-refractivity contribution in [2.75, 3.05) is 0 Å². The second-order valence-corrected chi connectivity index (χ2v) is 3.99. The Labute approximate surface area is 84.2 Å². The number of rotatable bonds is 0. The maximum Gasteiger partial charge on any atom is -0.00670 e. The van der Waals surface area contributed by atoms with Crippen molar-refractivity contribution >= 4 is 0 Å². The van der Waals surface area contributed by atoms with Crippen LogP contribution >= 0.6 is 0 Å². The molecule has 0 fully saturated rings. The zero-order chi connectivity index (χ0) is 9.71. The number of benzene rings is 2. The zero-order valence-corrected chi connectivity index (χ0v) is 8.46. The average Bonchev–Trinajstić information content (AvgIpc) is 2.16. The Morgan fingerprint density at radius 1 is 0.643 bits per heavy atom. The number of hydrogen-bond donors (Lipinski definition) is 0. The van der Waals surface area contributed by atoms with Crippen molar-refractivity contribution in [1.29, 1.82) is 0 Å². The van der Waals surface area contributed by atoms with Gasteiger partial charge in [-0.25, -0.2) is 0 Å². The van der Waals surface area contributed by atoms with Gasteiger partial charge in [-0.15, -0.1) is 0 Å². The Hall–Kier alpha value is -1.56. The molecular weight excluding hydrogens is 168 g/mol. The molecule has 0 bridgehead atoms. The van der Waals surface area contributed by atoms with Crippen LogP contribution in [0.25, 0.3) is 22.3 Å². The van der Waals surface area contributed by atoms with Crippen LogP contribution in [0.15, 0.2) is 36.4 Å². The summed E-state index contributed by atoms with van der Waals surface area (Å²) < 4.78 is 0. The lowest BCUT2D eigenvalue weighted by atomic mass is 9.76. The van der Waals surface area contributed by atoms with E-state index < -0.39 is 0 Å². The van der Waals surface area contributed by atoms with Gasteiger partial charge < -0.3 is 0 Å². The molecule has 0 radical (unpaired) electrons. The van der Waals surface area contributed by atoms with Gasteiger partial charge in [0, 0.05) is 0 Å². The highest BCUT2D eigenvalue weighted by Crippen LogP contribution is 2.50. The Morgan fingerprint density at radius 2 is 1.07 bits per heavy atom. The summed E-state index contributed by atoms with van der Waals surface area (Å²) in [5.74, 6) is 0. The topological polar surface area (TPSA) is 0 Å². The van der Waals surface area contributed by atoms with Crippen LogP contribution in [0.4, 0.5) is 0 Å². The van der Waals surface area contributed by atoms with Gasteiger partial charge in [-0.05, 0) is 47.2 Å². The maximum atomic E-state index is 2.21. The smallest absolute Gasteiger partial charge is 0.00670 e. The molecule has 68 valence electrons. The van der Waals surface area contributed by atoms with Gasteiger partial charge in [0.25, 0.3) is 0 Å². The summed E-state index contributed by atoms with van der Waals surface area (Å²) >= 11 is 0. The van der Waals surface area contributed by atoms with Gasteiger partial charge in [-0.2, -0.15) is 0 Å². The van der Waals surface area contributed by atoms with Crippen molar-refractivity contribution < 1.29 is 0 Å². The molecule has 0 spiro atoms. The zero-order valence-electron chi connectivity index (χ0n) is 8.46. The maximum absolute atomic E-state index is 2.21. The predicted octanol–water partition coefficient (Wildman–Crippen LogP) is 3.95. The first-order valence-corrected chi connectivity index (χ1v) is 4.99. The molecule has 0 unspecified atom stereocenters. The molecule has 1 aliphatic rings. The van der Waals surface area contributed by atoms with Gasteiger partial charge in [0.05, 0.1) is 0 Å². The van der Waals surface area contributed by atoms with Crippen molar-refractivity contribution in [3.8, 4) is 22.3 Å².